The van der Waals surface area contributed by atoms with E-state index in [0.717, 1.165) is 0 Å². The van der Waals surface area contributed by atoms with Gasteiger partial charge < -0.3 is 8.85 Å². The monoisotopic (exact) mass is 372 g/mol. The van der Waals surface area contributed by atoms with Crippen LogP contribution in [0.25, 0.3) is 21.5 Å². The molecule has 0 N–H and O–H groups in total. The molecular formula is C24H24O2Si. The van der Waals surface area contributed by atoms with Crippen molar-refractivity contribution < 1.29 is 8.85 Å². The Morgan fingerprint density at radius 2 is 0.963 bits per heavy atom. The van der Waals surface area contributed by atoms with Crippen molar-refractivity contribution in [2.75, 3.05) is 13.2 Å². The first-order chi connectivity index (χ1) is 13.3. The molecule has 0 bridgehead atoms. The van der Waals surface area contributed by atoms with E-state index in [-0.39, 0.29) is 0 Å². The van der Waals surface area contributed by atoms with Gasteiger partial charge in [0, 0.05) is 23.6 Å². The summed E-state index contributed by atoms with van der Waals surface area (Å²) in [4.78, 5) is 0. The first-order valence-electron chi connectivity index (χ1n) is 9.54. The van der Waals surface area contributed by atoms with Crippen LogP contribution in [0.5, 0.6) is 0 Å². The molecule has 4 rings (SSSR count). The zero-order valence-corrected chi connectivity index (χ0v) is 16.8. The average Bonchev–Trinajstić information content (AvgIpc) is 2.73. The molecule has 136 valence electrons. The average molecular weight is 373 g/mol. The van der Waals surface area contributed by atoms with E-state index >= 15 is 0 Å². The third-order valence-electron chi connectivity index (χ3n) is 4.98. The van der Waals surface area contributed by atoms with Crippen LogP contribution in [-0.2, 0) is 8.85 Å². The van der Waals surface area contributed by atoms with E-state index in [4.69, 9.17) is 8.85 Å². The van der Waals surface area contributed by atoms with Crippen molar-refractivity contribution in [2.24, 2.45) is 0 Å². The number of hydrogen-bond donors (Lipinski definition) is 0. The number of benzene rings is 4. The summed E-state index contributed by atoms with van der Waals surface area (Å²) in [6, 6.07) is 29.9. The fourth-order valence-electron chi connectivity index (χ4n) is 3.93. The molecule has 3 heteroatoms. The summed E-state index contributed by atoms with van der Waals surface area (Å²) in [5.41, 5.74) is 0. The van der Waals surface area contributed by atoms with Crippen molar-refractivity contribution in [3.05, 3.63) is 84.9 Å². The molecule has 27 heavy (non-hydrogen) atoms. The molecule has 0 aliphatic heterocycles. The Kier molecular flexibility index (Phi) is 5.08. The van der Waals surface area contributed by atoms with Gasteiger partial charge in [0.1, 0.15) is 0 Å². The van der Waals surface area contributed by atoms with E-state index in [9.17, 15) is 0 Å². The molecule has 0 spiro atoms. The van der Waals surface area contributed by atoms with Crippen molar-refractivity contribution in [1.82, 2.24) is 0 Å². The maximum absolute atomic E-state index is 6.58. The lowest BCUT2D eigenvalue weighted by atomic mass is 10.1. The lowest BCUT2D eigenvalue weighted by Gasteiger charge is -2.32. The fourth-order valence-corrected chi connectivity index (χ4v) is 7.53. The van der Waals surface area contributed by atoms with Crippen LogP contribution < -0.4 is 10.4 Å². The predicted octanol–water partition coefficient (Wildman–Crippen LogP) is 4.62. The van der Waals surface area contributed by atoms with Crippen molar-refractivity contribution in [1.29, 1.82) is 0 Å². The van der Waals surface area contributed by atoms with Gasteiger partial charge in [0.25, 0.3) is 0 Å². The van der Waals surface area contributed by atoms with E-state index in [1.54, 1.807) is 0 Å². The minimum Gasteiger partial charge on any atom is -0.388 e. The third kappa shape index (κ3) is 3.08. The minimum absolute atomic E-state index is 0.610. The zero-order valence-electron chi connectivity index (χ0n) is 15.8. The highest BCUT2D eigenvalue weighted by Crippen LogP contribution is 2.22. The van der Waals surface area contributed by atoms with Gasteiger partial charge in [-0.15, -0.1) is 0 Å². The van der Waals surface area contributed by atoms with Gasteiger partial charge in [-0.3, -0.25) is 0 Å². The second-order valence-corrected chi connectivity index (χ2v) is 9.42. The first kappa shape index (κ1) is 17.9. The maximum atomic E-state index is 6.58. The van der Waals surface area contributed by atoms with Crippen LogP contribution in [-0.4, -0.2) is 21.8 Å². The van der Waals surface area contributed by atoms with E-state index in [2.05, 4.69) is 98.8 Å². The Bertz CT molecular complexity index is 976. The predicted molar refractivity (Wildman–Crippen MR) is 116 cm³/mol. The van der Waals surface area contributed by atoms with Gasteiger partial charge in [-0.2, -0.15) is 0 Å². The van der Waals surface area contributed by atoms with Crippen molar-refractivity contribution in [3.63, 3.8) is 0 Å². The lowest BCUT2D eigenvalue weighted by Crippen LogP contribution is -2.63. The van der Waals surface area contributed by atoms with Crippen LogP contribution >= 0.6 is 0 Å². The normalized spacial score (nSPS) is 11.9. The zero-order chi connectivity index (χ0) is 18.7. The van der Waals surface area contributed by atoms with Crippen LogP contribution in [0.2, 0.25) is 0 Å². The van der Waals surface area contributed by atoms with Crippen LogP contribution in [0.3, 0.4) is 0 Å². The second-order valence-electron chi connectivity index (χ2n) is 6.54. The highest BCUT2D eigenvalue weighted by molar-refractivity contribution is 6.95. The van der Waals surface area contributed by atoms with Gasteiger partial charge in [-0.25, -0.2) is 0 Å². The number of fused-ring (bicyclic) bond motifs is 2. The van der Waals surface area contributed by atoms with Crippen molar-refractivity contribution in [3.8, 4) is 0 Å². The molecule has 0 aliphatic carbocycles. The molecule has 0 aliphatic rings. The highest BCUT2D eigenvalue weighted by Gasteiger charge is 2.44. The Balaban J connectivity index is 2.09. The van der Waals surface area contributed by atoms with E-state index < -0.39 is 8.56 Å². The third-order valence-corrected chi connectivity index (χ3v) is 8.66. The summed E-state index contributed by atoms with van der Waals surface area (Å²) in [7, 11) is -2.88. The smallest absolute Gasteiger partial charge is 0.388 e. The highest BCUT2D eigenvalue weighted by atomic mass is 28.4. The SMILES string of the molecule is CCO[Si](OCC)(c1cccc2ccccc12)c1cccc2ccccc12. The minimum atomic E-state index is -2.88. The lowest BCUT2D eigenvalue weighted by molar-refractivity contribution is 0.209. The largest absolute Gasteiger partial charge is 0.408 e. The van der Waals surface area contributed by atoms with Gasteiger partial charge in [-0.05, 0) is 35.4 Å². The Morgan fingerprint density at radius 3 is 1.41 bits per heavy atom. The van der Waals surface area contributed by atoms with E-state index in [0.29, 0.717) is 13.2 Å². The van der Waals surface area contributed by atoms with Crippen LogP contribution in [0.15, 0.2) is 84.9 Å². The molecule has 4 aromatic rings. The molecule has 0 saturated heterocycles. The summed E-state index contributed by atoms with van der Waals surface area (Å²) >= 11 is 0. The molecule has 0 aromatic heterocycles. The molecule has 0 saturated carbocycles. The second kappa shape index (κ2) is 7.65. The van der Waals surface area contributed by atoms with Gasteiger partial charge in [0.15, 0.2) is 0 Å². The molecule has 4 aromatic carbocycles. The number of rotatable bonds is 6. The van der Waals surface area contributed by atoms with Gasteiger partial charge >= 0.3 is 8.56 Å². The molecule has 0 fully saturated rings. The van der Waals surface area contributed by atoms with Crippen molar-refractivity contribution in [2.45, 2.75) is 13.8 Å². The summed E-state index contributed by atoms with van der Waals surface area (Å²) in [5, 5.41) is 7.21. The van der Waals surface area contributed by atoms with Gasteiger partial charge in [0.2, 0.25) is 0 Å². The Morgan fingerprint density at radius 1 is 0.556 bits per heavy atom. The van der Waals surface area contributed by atoms with E-state index in [1.165, 1.54) is 31.9 Å². The molecule has 0 heterocycles. The summed E-state index contributed by atoms with van der Waals surface area (Å²) in [6.07, 6.45) is 0. The summed E-state index contributed by atoms with van der Waals surface area (Å²) in [5.74, 6) is 0. The molecule has 0 atom stereocenters. The topological polar surface area (TPSA) is 18.5 Å². The number of hydrogen-bond acceptors (Lipinski definition) is 2. The maximum Gasteiger partial charge on any atom is 0.408 e. The first-order valence-corrected chi connectivity index (χ1v) is 11.4. The molecule has 0 unspecified atom stereocenters. The quantitative estimate of drug-likeness (QED) is 0.460. The summed E-state index contributed by atoms with van der Waals surface area (Å²) < 4.78 is 13.2. The van der Waals surface area contributed by atoms with Crippen LogP contribution in [0.4, 0.5) is 0 Å². The van der Waals surface area contributed by atoms with Crippen LogP contribution in [0, 0.1) is 0 Å². The molecule has 2 nitrogen and oxygen atoms in total. The molecule has 0 radical (unpaired) electrons. The molecular weight excluding hydrogens is 348 g/mol. The van der Waals surface area contributed by atoms with Gasteiger partial charge in [0.05, 0.1) is 0 Å². The molecule has 0 amide bonds. The van der Waals surface area contributed by atoms with E-state index in [1.807, 2.05) is 0 Å². The fraction of sp³-hybridized carbons (Fsp3) is 0.167. The van der Waals surface area contributed by atoms with Gasteiger partial charge in [-0.1, -0.05) is 84.9 Å². The Labute approximate surface area is 161 Å². The summed E-state index contributed by atoms with van der Waals surface area (Å²) in [6.45, 7) is 5.32. The van der Waals surface area contributed by atoms with Crippen molar-refractivity contribution >= 4 is 40.5 Å². The standard InChI is InChI=1S/C24H24O2Si/c1-3-25-27(26-4-2,23-17-9-13-19-11-5-7-15-21(19)23)24-18-10-14-20-12-6-8-16-22(20)24/h5-18H,3-4H2,1-2H3. The van der Waals surface area contributed by atoms with Crippen LogP contribution in [0.1, 0.15) is 13.8 Å². The Hall–Kier alpha value is -2.46.